The Morgan fingerprint density at radius 1 is 0.484 bits per heavy atom. The van der Waals surface area contributed by atoms with Crippen LogP contribution in [-0.2, 0) is 14.3 Å². The lowest BCUT2D eigenvalue weighted by molar-refractivity contribution is -0.151. The molecule has 1 amide bonds. The SMILES string of the molecule is CC/C=C/C=C/C=C/CCCCCCCC(CC(=O)NC(CO)C(O)CCCCCCCCCCCCCCCCCC)OC(=O)CCCCC/C=C/C/C=C/C/C=C/C/C=C/CC. The molecular weight excluding hydrogens is 791 g/mol. The van der Waals surface area contributed by atoms with Crippen LogP contribution in [0.1, 0.15) is 245 Å². The number of aliphatic hydroxyl groups excluding tert-OH is 2. The average Bonchev–Trinajstić information content (AvgIpc) is 3.29. The van der Waals surface area contributed by atoms with Gasteiger partial charge in [0, 0.05) is 6.42 Å². The van der Waals surface area contributed by atoms with Crippen LogP contribution in [-0.4, -0.2) is 46.9 Å². The summed E-state index contributed by atoms with van der Waals surface area (Å²) in [7, 11) is 0. The summed E-state index contributed by atoms with van der Waals surface area (Å²) in [6, 6.07) is -0.720. The van der Waals surface area contributed by atoms with Crippen molar-refractivity contribution >= 4 is 11.9 Å². The number of esters is 1. The molecular formula is C58H101NO5. The van der Waals surface area contributed by atoms with E-state index in [9.17, 15) is 19.8 Å². The Morgan fingerprint density at radius 3 is 1.45 bits per heavy atom. The molecule has 0 aliphatic heterocycles. The van der Waals surface area contributed by atoms with E-state index in [0.717, 1.165) is 116 Å². The summed E-state index contributed by atoms with van der Waals surface area (Å²) < 4.78 is 5.92. The van der Waals surface area contributed by atoms with Crippen molar-refractivity contribution in [2.75, 3.05) is 6.61 Å². The van der Waals surface area contributed by atoms with Gasteiger partial charge in [0.25, 0.3) is 0 Å². The molecule has 3 N–H and O–H groups in total. The van der Waals surface area contributed by atoms with Crippen LogP contribution in [0, 0.1) is 0 Å². The van der Waals surface area contributed by atoms with Crippen LogP contribution in [0.2, 0.25) is 0 Å². The Balaban J connectivity index is 4.62. The van der Waals surface area contributed by atoms with Crippen LogP contribution in [0.3, 0.4) is 0 Å². The molecule has 0 rings (SSSR count). The first-order valence-electron chi connectivity index (χ1n) is 26.8. The molecule has 0 spiro atoms. The first-order valence-corrected chi connectivity index (χ1v) is 26.8. The third kappa shape index (κ3) is 45.6. The lowest BCUT2D eigenvalue weighted by Crippen LogP contribution is -2.46. The largest absolute Gasteiger partial charge is 0.462 e. The molecule has 0 radical (unpaired) electrons. The molecule has 0 aromatic rings. The maximum absolute atomic E-state index is 13.2. The fraction of sp³-hybridized carbons (Fsp3) is 0.724. The summed E-state index contributed by atoms with van der Waals surface area (Å²) in [5.74, 6) is -0.533. The molecule has 0 bridgehead atoms. The molecule has 6 heteroatoms. The molecule has 0 aliphatic rings. The summed E-state index contributed by atoms with van der Waals surface area (Å²) in [6.45, 7) is 6.23. The van der Waals surface area contributed by atoms with E-state index in [1.54, 1.807) is 0 Å². The van der Waals surface area contributed by atoms with Crippen LogP contribution in [0.15, 0.2) is 85.1 Å². The van der Waals surface area contributed by atoms with Crippen molar-refractivity contribution in [2.24, 2.45) is 0 Å². The van der Waals surface area contributed by atoms with Crippen molar-refractivity contribution in [1.82, 2.24) is 5.32 Å². The number of carbonyl (C=O) groups excluding carboxylic acids is 2. The number of unbranched alkanes of at least 4 members (excludes halogenated alkanes) is 23. The smallest absolute Gasteiger partial charge is 0.306 e. The molecule has 3 atom stereocenters. The lowest BCUT2D eigenvalue weighted by Gasteiger charge is -2.24. The molecule has 64 heavy (non-hydrogen) atoms. The zero-order valence-corrected chi connectivity index (χ0v) is 41.9. The monoisotopic (exact) mass is 892 g/mol. The minimum atomic E-state index is -0.804. The highest BCUT2D eigenvalue weighted by atomic mass is 16.5. The normalized spacial score (nSPS) is 13.9. The number of rotatable bonds is 47. The van der Waals surface area contributed by atoms with Gasteiger partial charge in [0.2, 0.25) is 5.91 Å². The Labute approximate surface area is 395 Å². The van der Waals surface area contributed by atoms with Crippen molar-refractivity contribution in [2.45, 2.75) is 264 Å². The zero-order chi connectivity index (χ0) is 46.7. The second kappa shape index (κ2) is 51.0. The van der Waals surface area contributed by atoms with E-state index in [2.05, 4.69) is 111 Å². The van der Waals surface area contributed by atoms with Gasteiger partial charge >= 0.3 is 5.97 Å². The Morgan fingerprint density at radius 2 is 0.922 bits per heavy atom. The fourth-order valence-corrected chi connectivity index (χ4v) is 7.77. The van der Waals surface area contributed by atoms with Crippen molar-refractivity contribution in [1.29, 1.82) is 0 Å². The number of amides is 1. The predicted octanol–water partition coefficient (Wildman–Crippen LogP) is 16.3. The van der Waals surface area contributed by atoms with Gasteiger partial charge in [-0.3, -0.25) is 9.59 Å². The van der Waals surface area contributed by atoms with Gasteiger partial charge in [-0.1, -0.05) is 234 Å². The minimum absolute atomic E-state index is 0.0472. The van der Waals surface area contributed by atoms with E-state index in [1.807, 2.05) is 0 Å². The first kappa shape index (κ1) is 61.0. The van der Waals surface area contributed by atoms with Crippen molar-refractivity contribution in [3.8, 4) is 0 Å². The highest BCUT2D eigenvalue weighted by Gasteiger charge is 2.24. The number of nitrogens with one attached hydrogen (secondary N) is 1. The summed E-state index contributed by atoms with van der Waals surface area (Å²) in [6.07, 6.45) is 66.4. The van der Waals surface area contributed by atoms with E-state index in [-0.39, 0.29) is 24.9 Å². The van der Waals surface area contributed by atoms with Gasteiger partial charge in [-0.2, -0.15) is 0 Å². The van der Waals surface area contributed by atoms with Crippen LogP contribution in [0.5, 0.6) is 0 Å². The third-order valence-corrected chi connectivity index (χ3v) is 11.8. The quantitative estimate of drug-likeness (QED) is 0.0245. The standard InChI is InChI=1S/C58H101NO5/c1-4-7-10-13-16-19-22-25-27-29-32-35-38-41-44-47-50-56(61)55(53-60)59-57(62)52-54(49-46-43-40-37-34-31-24-21-18-15-12-9-6-3)64-58(63)51-48-45-42-39-36-33-30-28-26-23-20-17-14-11-8-5-2/h8-9,11-12,15,17-18,20-21,24,26,28,33,36,54-56,60-61H,4-7,10,13-14,16,19,22-23,25,27,29-32,34-35,37-53H2,1-3H3,(H,59,62)/b11-8+,12-9+,18-15+,20-17+,24-21+,28-26+,36-33+. The summed E-state index contributed by atoms with van der Waals surface area (Å²) in [4.78, 5) is 26.2. The van der Waals surface area contributed by atoms with E-state index >= 15 is 0 Å². The Bertz CT molecular complexity index is 1230. The number of ether oxygens (including phenoxy) is 1. The van der Waals surface area contributed by atoms with E-state index in [1.165, 1.54) is 83.5 Å². The summed E-state index contributed by atoms with van der Waals surface area (Å²) in [5, 5.41) is 23.8. The molecule has 6 nitrogen and oxygen atoms in total. The van der Waals surface area contributed by atoms with Crippen LogP contribution in [0.4, 0.5) is 0 Å². The molecule has 0 fully saturated rings. The maximum Gasteiger partial charge on any atom is 0.306 e. The van der Waals surface area contributed by atoms with Gasteiger partial charge in [0.1, 0.15) is 6.10 Å². The number of carbonyl (C=O) groups is 2. The predicted molar refractivity (Wildman–Crippen MR) is 278 cm³/mol. The molecule has 0 saturated heterocycles. The molecule has 368 valence electrons. The van der Waals surface area contributed by atoms with E-state index in [0.29, 0.717) is 19.3 Å². The molecule has 3 unspecified atom stereocenters. The van der Waals surface area contributed by atoms with Gasteiger partial charge in [-0.15, -0.1) is 0 Å². The number of hydrogen-bond donors (Lipinski definition) is 3. The van der Waals surface area contributed by atoms with Gasteiger partial charge < -0.3 is 20.3 Å². The summed E-state index contributed by atoms with van der Waals surface area (Å²) >= 11 is 0. The molecule has 0 aromatic heterocycles. The van der Waals surface area contributed by atoms with E-state index < -0.39 is 18.2 Å². The second-order valence-electron chi connectivity index (χ2n) is 17.9. The topological polar surface area (TPSA) is 95.9 Å². The van der Waals surface area contributed by atoms with E-state index in [4.69, 9.17) is 4.74 Å². The first-order chi connectivity index (χ1) is 31.5. The highest BCUT2D eigenvalue weighted by molar-refractivity contribution is 5.77. The van der Waals surface area contributed by atoms with Crippen LogP contribution in [0.25, 0.3) is 0 Å². The summed E-state index contributed by atoms with van der Waals surface area (Å²) in [5.41, 5.74) is 0. The Kier molecular flexibility index (Phi) is 48.7. The van der Waals surface area contributed by atoms with Gasteiger partial charge in [-0.05, 0) is 83.5 Å². The molecule has 0 heterocycles. The van der Waals surface area contributed by atoms with Gasteiger partial charge in [-0.25, -0.2) is 0 Å². The maximum atomic E-state index is 13.2. The third-order valence-electron chi connectivity index (χ3n) is 11.8. The molecule has 0 aliphatic carbocycles. The number of hydrogen-bond acceptors (Lipinski definition) is 5. The lowest BCUT2D eigenvalue weighted by atomic mass is 10.0. The number of allylic oxidation sites excluding steroid dienone is 14. The van der Waals surface area contributed by atoms with Gasteiger partial charge in [0.15, 0.2) is 0 Å². The zero-order valence-electron chi connectivity index (χ0n) is 41.9. The highest BCUT2D eigenvalue weighted by Crippen LogP contribution is 2.18. The molecule has 0 aromatic carbocycles. The second-order valence-corrected chi connectivity index (χ2v) is 17.9. The average molecular weight is 892 g/mol. The van der Waals surface area contributed by atoms with Crippen molar-refractivity contribution in [3.05, 3.63) is 85.1 Å². The van der Waals surface area contributed by atoms with Gasteiger partial charge in [0.05, 0.1) is 25.2 Å². The molecule has 0 saturated carbocycles. The van der Waals surface area contributed by atoms with Crippen molar-refractivity contribution < 1.29 is 24.5 Å². The fourth-order valence-electron chi connectivity index (χ4n) is 7.77. The number of aliphatic hydroxyl groups is 2. The van der Waals surface area contributed by atoms with Crippen LogP contribution < -0.4 is 5.32 Å². The van der Waals surface area contributed by atoms with Crippen molar-refractivity contribution in [3.63, 3.8) is 0 Å². The minimum Gasteiger partial charge on any atom is -0.462 e. The Hall–Kier alpha value is -2.96. The van der Waals surface area contributed by atoms with Crippen LogP contribution >= 0.6 is 0 Å².